The first-order valence-electron chi connectivity index (χ1n) is 8.13. The molecule has 0 spiro atoms. The zero-order valence-corrected chi connectivity index (χ0v) is 13.3. The van der Waals surface area contributed by atoms with Crippen LogP contribution >= 0.6 is 0 Å². The van der Waals surface area contributed by atoms with Gasteiger partial charge in [0.15, 0.2) is 0 Å². The van der Waals surface area contributed by atoms with E-state index in [0.717, 1.165) is 36.8 Å². The fraction of sp³-hybridized carbons (Fsp3) is 0.368. The summed E-state index contributed by atoms with van der Waals surface area (Å²) < 4.78 is 10.7. The second-order valence-corrected chi connectivity index (χ2v) is 5.70. The van der Waals surface area contributed by atoms with Crippen LogP contribution in [0.3, 0.4) is 0 Å². The molecule has 0 bridgehead atoms. The van der Waals surface area contributed by atoms with Crippen LogP contribution in [0.2, 0.25) is 0 Å². The molecule has 1 aromatic rings. The summed E-state index contributed by atoms with van der Waals surface area (Å²) in [5.41, 5.74) is 2.78. The van der Waals surface area contributed by atoms with Gasteiger partial charge in [-0.15, -0.1) is 0 Å². The number of carbonyl (C=O) groups excluding carboxylic acids is 2. The van der Waals surface area contributed by atoms with Gasteiger partial charge in [0.2, 0.25) is 0 Å². The maximum atomic E-state index is 12.4. The first-order valence-corrected chi connectivity index (χ1v) is 8.13. The number of ether oxygens (including phenoxy) is 2. The molecule has 1 heterocycles. The summed E-state index contributed by atoms with van der Waals surface area (Å²) in [5, 5.41) is 0. The highest BCUT2D eigenvalue weighted by Gasteiger charge is 2.35. The van der Waals surface area contributed by atoms with Crippen molar-refractivity contribution in [1.29, 1.82) is 0 Å². The molecule has 0 unspecified atom stereocenters. The Hall–Kier alpha value is -2.36. The fourth-order valence-corrected chi connectivity index (χ4v) is 3.13. The van der Waals surface area contributed by atoms with E-state index in [0.29, 0.717) is 29.9 Å². The second kappa shape index (κ2) is 6.82. The molecule has 4 heteroatoms. The van der Waals surface area contributed by atoms with Gasteiger partial charge in [-0.3, -0.25) is 0 Å². The minimum absolute atomic E-state index is 0.314. The summed E-state index contributed by atoms with van der Waals surface area (Å²) >= 11 is 0. The van der Waals surface area contributed by atoms with E-state index in [1.165, 1.54) is 0 Å². The van der Waals surface area contributed by atoms with Crippen LogP contribution in [0.15, 0.2) is 47.2 Å². The highest BCUT2D eigenvalue weighted by Crippen LogP contribution is 2.40. The molecule has 120 valence electrons. The Kier molecular flexibility index (Phi) is 4.60. The number of rotatable bonds is 3. The lowest BCUT2D eigenvalue weighted by molar-refractivity contribution is -0.139. The van der Waals surface area contributed by atoms with E-state index in [9.17, 15) is 9.59 Å². The average Bonchev–Trinajstić information content (AvgIpc) is 2.84. The summed E-state index contributed by atoms with van der Waals surface area (Å²) in [6.45, 7) is 2.09. The molecule has 0 saturated carbocycles. The van der Waals surface area contributed by atoms with Crippen LogP contribution in [0.25, 0.3) is 5.57 Å². The van der Waals surface area contributed by atoms with Crippen LogP contribution in [0.1, 0.15) is 44.6 Å². The summed E-state index contributed by atoms with van der Waals surface area (Å²) in [6.07, 6.45) is 4.25. The summed E-state index contributed by atoms with van der Waals surface area (Å²) in [6, 6.07) is 9.50. The van der Waals surface area contributed by atoms with Gasteiger partial charge in [-0.25, -0.2) is 9.59 Å². The SMILES string of the molecule is CCOC(=O)/C1=C2\OC(=O)C(c3ccccc3)=C2CCCCC1. The van der Waals surface area contributed by atoms with E-state index in [4.69, 9.17) is 9.47 Å². The first kappa shape index (κ1) is 15.5. The minimum Gasteiger partial charge on any atom is -0.463 e. The molecule has 1 aromatic carbocycles. The van der Waals surface area contributed by atoms with Crippen LogP contribution in [0, 0.1) is 0 Å². The van der Waals surface area contributed by atoms with Crippen LogP contribution in [-0.4, -0.2) is 18.5 Å². The van der Waals surface area contributed by atoms with Gasteiger partial charge in [0.25, 0.3) is 0 Å². The van der Waals surface area contributed by atoms with E-state index >= 15 is 0 Å². The third-order valence-electron chi connectivity index (χ3n) is 4.19. The van der Waals surface area contributed by atoms with E-state index < -0.39 is 0 Å². The molecule has 0 aromatic heterocycles. The summed E-state index contributed by atoms with van der Waals surface area (Å²) in [5.74, 6) is -0.305. The molecule has 1 aliphatic heterocycles. The Balaban J connectivity index is 2.13. The van der Waals surface area contributed by atoms with Crippen molar-refractivity contribution >= 4 is 17.5 Å². The predicted molar refractivity (Wildman–Crippen MR) is 86.2 cm³/mol. The zero-order chi connectivity index (χ0) is 16.2. The van der Waals surface area contributed by atoms with Crippen LogP contribution in [0.4, 0.5) is 0 Å². The normalized spacial score (nSPS) is 21.3. The van der Waals surface area contributed by atoms with E-state index in [1.54, 1.807) is 6.92 Å². The lowest BCUT2D eigenvalue weighted by Gasteiger charge is -2.15. The molecule has 23 heavy (non-hydrogen) atoms. The van der Waals surface area contributed by atoms with Crippen molar-refractivity contribution in [1.82, 2.24) is 0 Å². The molecule has 3 rings (SSSR count). The third kappa shape index (κ3) is 3.07. The lowest BCUT2D eigenvalue weighted by Crippen LogP contribution is -2.13. The maximum Gasteiger partial charge on any atom is 0.344 e. The van der Waals surface area contributed by atoms with Crippen molar-refractivity contribution in [3.63, 3.8) is 0 Å². The zero-order valence-electron chi connectivity index (χ0n) is 13.3. The highest BCUT2D eigenvalue weighted by atomic mass is 16.6. The molecule has 1 aliphatic carbocycles. The van der Waals surface area contributed by atoms with Crippen LogP contribution in [0.5, 0.6) is 0 Å². The number of hydrogen-bond acceptors (Lipinski definition) is 4. The molecular formula is C19H20O4. The first-order chi connectivity index (χ1) is 11.2. The van der Waals surface area contributed by atoms with Gasteiger partial charge in [0.1, 0.15) is 5.76 Å². The van der Waals surface area contributed by atoms with E-state index in [-0.39, 0.29) is 11.9 Å². The van der Waals surface area contributed by atoms with Gasteiger partial charge in [-0.2, -0.15) is 0 Å². The molecule has 4 nitrogen and oxygen atoms in total. The highest BCUT2D eigenvalue weighted by molar-refractivity contribution is 6.21. The Morgan fingerprint density at radius 3 is 2.61 bits per heavy atom. The van der Waals surface area contributed by atoms with Crippen LogP contribution in [-0.2, 0) is 19.1 Å². The number of benzene rings is 1. The van der Waals surface area contributed by atoms with Crippen molar-refractivity contribution in [3.8, 4) is 0 Å². The quantitative estimate of drug-likeness (QED) is 0.797. The third-order valence-corrected chi connectivity index (χ3v) is 4.19. The molecule has 2 aliphatic rings. The standard InChI is InChI=1S/C19H20O4/c1-2-22-18(20)15-12-8-4-7-11-14-16(19(21)23-17(14)15)13-9-5-3-6-10-13/h3,5-6,9-10H,2,4,7-8,11-12H2,1H3/b17-15-. The number of hydrogen-bond donors (Lipinski definition) is 0. The Morgan fingerprint density at radius 2 is 1.87 bits per heavy atom. The second-order valence-electron chi connectivity index (χ2n) is 5.70. The van der Waals surface area contributed by atoms with Crippen LogP contribution < -0.4 is 0 Å². The molecule has 0 radical (unpaired) electrons. The molecule has 0 N–H and O–H groups in total. The molecule has 0 amide bonds. The Bertz CT molecular complexity index is 683. The monoisotopic (exact) mass is 312 g/mol. The van der Waals surface area contributed by atoms with Gasteiger partial charge < -0.3 is 9.47 Å². The predicted octanol–water partition coefficient (Wildman–Crippen LogP) is 3.78. The molecule has 0 fully saturated rings. The van der Waals surface area contributed by atoms with Gasteiger partial charge in [0.05, 0.1) is 17.8 Å². The van der Waals surface area contributed by atoms with Crippen molar-refractivity contribution in [2.75, 3.05) is 6.61 Å². The van der Waals surface area contributed by atoms with Gasteiger partial charge >= 0.3 is 11.9 Å². The fourth-order valence-electron chi connectivity index (χ4n) is 3.13. The van der Waals surface area contributed by atoms with E-state index in [2.05, 4.69) is 0 Å². The summed E-state index contributed by atoms with van der Waals surface area (Å²) in [7, 11) is 0. The minimum atomic E-state index is -0.371. The number of allylic oxidation sites excluding steroid dienone is 1. The van der Waals surface area contributed by atoms with Crippen molar-refractivity contribution in [2.24, 2.45) is 0 Å². The van der Waals surface area contributed by atoms with Crippen molar-refractivity contribution in [3.05, 3.63) is 52.8 Å². The van der Waals surface area contributed by atoms with Crippen molar-refractivity contribution in [2.45, 2.75) is 39.0 Å². The largest absolute Gasteiger partial charge is 0.463 e. The topological polar surface area (TPSA) is 52.6 Å². The van der Waals surface area contributed by atoms with Gasteiger partial charge in [-0.1, -0.05) is 36.8 Å². The average molecular weight is 312 g/mol. The number of carbonyl (C=O) groups is 2. The smallest absolute Gasteiger partial charge is 0.344 e. The number of esters is 2. The molecule has 0 atom stereocenters. The van der Waals surface area contributed by atoms with E-state index in [1.807, 2.05) is 30.3 Å². The number of fused-ring (bicyclic) bond motifs is 1. The van der Waals surface area contributed by atoms with Crippen molar-refractivity contribution < 1.29 is 19.1 Å². The Morgan fingerprint density at radius 1 is 1.13 bits per heavy atom. The maximum absolute atomic E-state index is 12.4. The molecule has 0 saturated heterocycles. The lowest BCUT2D eigenvalue weighted by atomic mass is 9.91. The Labute approximate surface area is 135 Å². The molecular weight excluding hydrogens is 292 g/mol. The summed E-state index contributed by atoms with van der Waals surface area (Å²) in [4.78, 5) is 24.7. The van der Waals surface area contributed by atoms with Gasteiger partial charge in [-0.05, 0) is 38.2 Å². The van der Waals surface area contributed by atoms with Gasteiger partial charge in [0, 0.05) is 5.57 Å².